The van der Waals surface area contributed by atoms with Crippen LogP contribution in [-0.2, 0) is 9.47 Å². The van der Waals surface area contributed by atoms with E-state index < -0.39 is 0 Å². The van der Waals surface area contributed by atoms with Gasteiger partial charge in [-0.3, -0.25) is 0 Å². The van der Waals surface area contributed by atoms with E-state index in [0.29, 0.717) is 17.9 Å². The van der Waals surface area contributed by atoms with Gasteiger partial charge in [-0.05, 0) is 6.92 Å². The lowest BCUT2D eigenvalue weighted by molar-refractivity contribution is -0.102. The topological polar surface area (TPSA) is 44.5 Å². The zero-order valence-corrected chi connectivity index (χ0v) is 10.3. The Morgan fingerprint density at radius 1 is 1.00 bits per heavy atom. The first-order chi connectivity index (χ1) is 8.27. The summed E-state index contributed by atoms with van der Waals surface area (Å²) in [6.07, 6.45) is 0. The monoisotopic (exact) mass is 235 g/mol. The molecule has 0 atom stereocenters. The second-order valence-electron chi connectivity index (χ2n) is 4.83. The molecule has 0 radical (unpaired) electrons. The Kier molecular flexibility index (Phi) is 4.54. The van der Waals surface area contributed by atoms with Gasteiger partial charge in [-0.1, -0.05) is 35.9 Å². The summed E-state index contributed by atoms with van der Waals surface area (Å²) < 4.78 is 10.1. The summed E-state index contributed by atoms with van der Waals surface area (Å²) in [5.41, 5.74) is 7.25. The molecule has 2 fully saturated rings. The van der Waals surface area contributed by atoms with Gasteiger partial charge < -0.3 is 15.2 Å². The molecule has 0 aromatic heterocycles. The standard InChI is InChI=1S/C7H13NO2.C7H8/c8-7(5-1-9-2-5)6-3-10-4-6;1-7-5-3-2-4-6-7/h5-7H,1-4,8H2;2-6H,1H3. The average Bonchev–Trinajstić information content (AvgIpc) is 2.14. The molecule has 2 saturated heterocycles. The maximum atomic E-state index is 5.92. The number of aryl methyl sites for hydroxylation is 1. The average molecular weight is 235 g/mol. The molecule has 2 heterocycles. The lowest BCUT2D eigenvalue weighted by Gasteiger charge is -2.39. The molecule has 0 amide bonds. The van der Waals surface area contributed by atoms with E-state index in [9.17, 15) is 0 Å². The Hall–Kier alpha value is -0.900. The van der Waals surface area contributed by atoms with Crippen LogP contribution in [0.3, 0.4) is 0 Å². The van der Waals surface area contributed by atoms with Crippen molar-refractivity contribution in [2.45, 2.75) is 13.0 Å². The highest BCUT2D eigenvalue weighted by molar-refractivity contribution is 5.11. The van der Waals surface area contributed by atoms with E-state index in [4.69, 9.17) is 15.2 Å². The third-order valence-corrected chi connectivity index (χ3v) is 3.36. The molecule has 1 aromatic carbocycles. The second-order valence-corrected chi connectivity index (χ2v) is 4.83. The highest BCUT2D eigenvalue weighted by atomic mass is 16.5. The molecule has 3 rings (SSSR count). The predicted molar refractivity (Wildman–Crippen MR) is 67.8 cm³/mol. The third-order valence-electron chi connectivity index (χ3n) is 3.36. The predicted octanol–water partition coefficient (Wildman–Crippen LogP) is 1.60. The molecule has 2 aliphatic heterocycles. The molecule has 3 nitrogen and oxygen atoms in total. The van der Waals surface area contributed by atoms with Crippen molar-refractivity contribution >= 4 is 0 Å². The molecule has 94 valence electrons. The van der Waals surface area contributed by atoms with E-state index in [0.717, 1.165) is 26.4 Å². The number of benzene rings is 1. The van der Waals surface area contributed by atoms with Gasteiger partial charge in [0, 0.05) is 17.9 Å². The van der Waals surface area contributed by atoms with Crippen molar-refractivity contribution < 1.29 is 9.47 Å². The van der Waals surface area contributed by atoms with E-state index in [1.807, 2.05) is 18.2 Å². The van der Waals surface area contributed by atoms with Gasteiger partial charge in [-0.2, -0.15) is 0 Å². The molecular formula is C14H21NO2. The lowest BCUT2D eigenvalue weighted by Crippen LogP contribution is -2.53. The lowest BCUT2D eigenvalue weighted by atomic mass is 9.86. The van der Waals surface area contributed by atoms with Crippen LogP contribution in [0.4, 0.5) is 0 Å². The van der Waals surface area contributed by atoms with Gasteiger partial charge in [0.05, 0.1) is 26.4 Å². The number of hydrogen-bond acceptors (Lipinski definition) is 3. The van der Waals surface area contributed by atoms with Crippen LogP contribution >= 0.6 is 0 Å². The first-order valence-corrected chi connectivity index (χ1v) is 6.20. The third kappa shape index (κ3) is 3.53. The van der Waals surface area contributed by atoms with Gasteiger partial charge >= 0.3 is 0 Å². The van der Waals surface area contributed by atoms with Crippen molar-refractivity contribution in [1.29, 1.82) is 0 Å². The Morgan fingerprint density at radius 2 is 1.47 bits per heavy atom. The minimum Gasteiger partial charge on any atom is -0.381 e. The summed E-state index contributed by atoms with van der Waals surface area (Å²) in [5.74, 6) is 1.21. The van der Waals surface area contributed by atoms with E-state index in [2.05, 4.69) is 19.1 Å². The Labute approximate surface area is 103 Å². The minimum atomic E-state index is 0.322. The highest BCUT2D eigenvalue weighted by Crippen LogP contribution is 2.23. The van der Waals surface area contributed by atoms with E-state index in [1.165, 1.54) is 5.56 Å². The summed E-state index contributed by atoms with van der Waals surface area (Å²) in [6.45, 7) is 5.52. The van der Waals surface area contributed by atoms with Gasteiger partial charge in [-0.25, -0.2) is 0 Å². The smallest absolute Gasteiger partial charge is 0.0531 e. The molecule has 0 bridgehead atoms. The Morgan fingerprint density at radius 3 is 1.71 bits per heavy atom. The van der Waals surface area contributed by atoms with Crippen molar-refractivity contribution in [2.24, 2.45) is 17.6 Å². The first-order valence-electron chi connectivity index (χ1n) is 6.20. The van der Waals surface area contributed by atoms with Crippen LogP contribution in [0.5, 0.6) is 0 Å². The molecule has 2 N–H and O–H groups in total. The number of nitrogens with two attached hydrogens (primary N) is 1. The molecular weight excluding hydrogens is 214 g/mol. The number of rotatable bonds is 2. The zero-order valence-electron chi connectivity index (χ0n) is 10.3. The molecule has 0 spiro atoms. The molecule has 0 unspecified atom stereocenters. The van der Waals surface area contributed by atoms with Crippen molar-refractivity contribution in [3.8, 4) is 0 Å². The molecule has 0 aliphatic carbocycles. The number of hydrogen-bond donors (Lipinski definition) is 1. The Bertz CT molecular complexity index is 306. The van der Waals surface area contributed by atoms with Crippen molar-refractivity contribution in [2.75, 3.05) is 26.4 Å². The van der Waals surface area contributed by atoms with Crippen LogP contribution in [0.2, 0.25) is 0 Å². The van der Waals surface area contributed by atoms with E-state index in [-0.39, 0.29) is 0 Å². The van der Waals surface area contributed by atoms with Gasteiger partial charge in [0.25, 0.3) is 0 Å². The van der Waals surface area contributed by atoms with Crippen LogP contribution in [0.25, 0.3) is 0 Å². The van der Waals surface area contributed by atoms with Crippen LogP contribution in [0.1, 0.15) is 5.56 Å². The van der Waals surface area contributed by atoms with Crippen molar-refractivity contribution in [3.05, 3.63) is 35.9 Å². The summed E-state index contributed by atoms with van der Waals surface area (Å²) in [7, 11) is 0. The fraction of sp³-hybridized carbons (Fsp3) is 0.571. The van der Waals surface area contributed by atoms with E-state index in [1.54, 1.807) is 0 Å². The normalized spacial score (nSPS) is 20.2. The molecule has 3 heteroatoms. The van der Waals surface area contributed by atoms with Crippen LogP contribution in [-0.4, -0.2) is 32.5 Å². The summed E-state index contributed by atoms with van der Waals surface area (Å²) in [5, 5.41) is 0. The van der Waals surface area contributed by atoms with Gasteiger partial charge in [-0.15, -0.1) is 0 Å². The zero-order chi connectivity index (χ0) is 12.1. The maximum absolute atomic E-state index is 5.92. The molecule has 0 saturated carbocycles. The quantitative estimate of drug-likeness (QED) is 0.847. The molecule has 2 aliphatic rings. The fourth-order valence-corrected chi connectivity index (χ4v) is 1.87. The Balaban J connectivity index is 0.000000136. The summed E-state index contributed by atoms with van der Waals surface area (Å²) in [6, 6.07) is 10.6. The fourth-order valence-electron chi connectivity index (χ4n) is 1.87. The van der Waals surface area contributed by atoms with Crippen LogP contribution in [0, 0.1) is 18.8 Å². The van der Waals surface area contributed by atoms with E-state index >= 15 is 0 Å². The van der Waals surface area contributed by atoms with Crippen molar-refractivity contribution in [1.82, 2.24) is 0 Å². The highest BCUT2D eigenvalue weighted by Gasteiger charge is 2.34. The SMILES string of the molecule is Cc1ccccc1.NC(C1COC1)C1COC1. The van der Waals surface area contributed by atoms with Gasteiger partial charge in [0.1, 0.15) is 0 Å². The minimum absolute atomic E-state index is 0.322. The maximum Gasteiger partial charge on any atom is 0.0531 e. The second kappa shape index (κ2) is 6.15. The van der Waals surface area contributed by atoms with Gasteiger partial charge in [0.2, 0.25) is 0 Å². The summed E-state index contributed by atoms with van der Waals surface area (Å²) >= 11 is 0. The first kappa shape index (κ1) is 12.6. The largest absolute Gasteiger partial charge is 0.381 e. The van der Waals surface area contributed by atoms with Crippen LogP contribution < -0.4 is 5.73 Å². The molecule has 1 aromatic rings. The van der Waals surface area contributed by atoms with Crippen LogP contribution in [0.15, 0.2) is 30.3 Å². The van der Waals surface area contributed by atoms with Crippen molar-refractivity contribution in [3.63, 3.8) is 0 Å². The summed E-state index contributed by atoms with van der Waals surface area (Å²) in [4.78, 5) is 0. The molecule has 17 heavy (non-hydrogen) atoms. The van der Waals surface area contributed by atoms with Gasteiger partial charge in [0.15, 0.2) is 0 Å². The number of ether oxygens (including phenoxy) is 2.